The molecule has 0 aliphatic carbocycles. The average Bonchev–Trinajstić information content (AvgIpc) is 2.94. The fourth-order valence-corrected chi connectivity index (χ4v) is 2.96. The predicted molar refractivity (Wildman–Crippen MR) is 100 cm³/mol. The Balaban J connectivity index is 2.12. The van der Waals surface area contributed by atoms with Crippen molar-refractivity contribution >= 4 is 45.8 Å². The molecule has 134 valence electrons. The molecule has 1 fully saturated rings. The summed E-state index contributed by atoms with van der Waals surface area (Å²) in [5.74, 6) is 0. The minimum absolute atomic E-state index is 0.109. The molecule has 0 N–H and O–H groups in total. The number of ether oxygens (including phenoxy) is 1. The molecule has 0 radical (unpaired) electrons. The molecule has 0 aromatic carbocycles. The van der Waals surface area contributed by atoms with E-state index in [9.17, 15) is 4.79 Å². The van der Waals surface area contributed by atoms with Gasteiger partial charge in [-0.1, -0.05) is 0 Å². The third-order valence-corrected chi connectivity index (χ3v) is 4.62. The maximum Gasteiger partial charge on any atom is 0.512 e. The van der Waals surface area contributed by atoms with Crippen molar-refractivity contribution in [1.82, 2.24) is 9.55 Å². The molecule has 1 aliphatic heterocycles. The van der Waals surface area contributed by atoms with E-state index in [0.29, 0.717) is 16.6 Å². The smallest absolute Gasteiger partial charge is 0.443 e. The molecular formula is C17H22BBrN2O4. The Labute approximate surface area is 156 Å². The van der Waals surface area contributed by atoms with E-state index < -0.39 is 24.4 Å². The van der Waals surface area contributed by atoms with E-state index in [4.69, 9.17) is 14.0 Å². The molecule has 3 rings (SSSR count). The molecule has 0 spiro atoms. The lowest BCUT2D eigenvalue weighted by atomic mass is 9.85. The van der Waals surface area contributed by atoms with Crippen molar-refractivity contribution in [3.05, 3.63) is 22.8 Å². The summed E-state index contributed by atoms with van der Waals surface area (Å²) in [5.41, 5.74) is 0.825. The SMILES string of the molecule is CC1OB(c2cc3ncc(Br)cc3n2C(=O)OC(C)(C)C)OC1(C)C. The number of nitrogens with zero attached hydrogens (tertiary/aromatic N) is 2. The van der Waals surface area contributed by atoms with Gasteiger partial charge in [0.2, 0.25) is 0 Å². The number of pyridine rings is 1. The van der Waals surface area contributed by atoms with Crippen LogP contribution in [0.4, 0.5) is 4.79 Å². The maximum atomic E-state index is 12.9. The number of carbonyl (C=O) groups excluding carboxylic acids is 1. The van der Waals surface area contributed by atoms with Crippen LogP contribution in [0.25, 0.3) is 11.0 Å². The van der Waals surface area contributed by atoms with Crippen LogP contribution in [0.2, 0.25) is 0 Å². The Bertz CT molecular complexity index is 828. The van der Waals surface area contributed by atoms with E-state index in [-0.39, 0.29) is 6.10 Å². The van der Waals surface area contributed by atoms with Crippen molar-refractivity contribution in [2.75, 3.05) is 0 Å². The molecular weight excluding hydrogens is 387 g/mol. The van der Waals surface area contributed by atoms with E-state index in [1.807, 2.05) is 53.7 Å². The van der Waals surface area contributed by atoms with Crippen LogP contribution >= 0.6 is 15.9 Å². The minimum Gasteiger partial charge on any atom is -0.443 e. The number of hydrogen-bond acceptors (Lipinski definition) is 5. The highest BCUT2D eigenvalue weighted by Crippen LogP contribution is 2.28. The molecule has 2 aromatic heterocycles. The molecule has 0 amide bonds. The van der Waals surface area contributed by atoms with Crippen molar-refractivity contribution in [2.45, 2.75) is 58.8 Å². The zero-order chi connectivity index (χ0) is 18.6. The van der Waals surface area contributed by atoms with Crippen LogP contribution in [0.3, 0.4) is 0 Å². The second-order valence-electron chi connectivity index (χ2n) is 7.77. The number of halogens is 1. The van der Waals surface area contributed by atoms with Gasteiger partial charge in [-0.25, -0.2) is 4.79 Å². The molecule has 1 atom stereocenters. The number of rotatable bonds is 1. The second kappa shape index (κ2) is 6.11. The van der Waals surface area contributed by atoms with Crippen molar-refractivity contribution in [3.63, 3.8) is 0 Å². The Kier molecular flexibility index (Phi) is 4.50. The van der Waals surface area contributed by atoms with Gasteiger partial charge in [0, 0.05) is 10.7 Å². The van der Waals surface area contributed by atoms with Crippen LogP contribution in [-0.2, 0) is 14.0 Å². The van der Waals surface area contributed by atoms with Crippen LogP contribution in [-0.4, -0.2) is 40.1 Å². The highest BCUT2D eigenvalue weighted by atomic mass is 79.9. The summed E-state index contributed by atoms with van der Waals surface area (Å²) in [6, 6.07) is 3.64. The molecule has 1 unspecified atom stereocenters. The lowest BCUT2D eigenvalue weighted by molar-refractivity contribution is 0.0547. The van der Waals surface area contributed by atoms with E-state index >= 15 is 0 Å². The Morgan fingerprint density at radius 1 is 1.40 bits per heavy atom. The lowest BCUT2D eigenvalue weighted by Gasteiger charge is -2.22. The topological polar surface area (TPSA) is 62.6 Å². The summed E-state index contributed by atoms with van der Waals surface area (Å²) in [6.45, 7) is 11.4. The fourth-order valence-electron chi connectivity index (χ4n) is 2.64. The summed E-state index contributed by atoms with van der Waals surface area (Å²) in [6.07, 6.45) is 1.10. The molecule has 25 heavy (non-hydrogen) atoms. The van der Waals surface area contributed by atoms with Crippen LogP contribution in [0, 0.1) is 0 Å². The molecule has 6 nitrogen and oxygen atoms in total. The molecule has 1 aliphatic rings. The van der Waals surface area contributed by atoms with Gasteiger partial charge < -0.3 is 14.0 Å². The van der Waals surface area contributed by atoms with Gasteiger partial charge >= 0.3 is 13.2 Å². The first-order valence-corrected chi connectivity index (χ1v) is 9.01. The standard InChI is InChI=1S/C17H22BBrN2O4/c1-10-17(5,6)25-18(24-10)14-8-12-13(7-11(19)9-20-12)21(14)15(22)23-16(2,3)4/h7-10H,1-6H3. The van der Waals surface area contributed by atoms with Gasteiger partial charge in [-0.15, -0.1) is 0 Å². The summed E-state index contributed by atoms with van der Waals surface area (Å²) in [4.78, 5) is 17.2. The summed E-state index contributed by atoms with van der Waals surface area (Å²) in [7, 11) is -0.662. The van der Waals surface area contributed by atoms with Gasteiger partial charge in [0.25, 0.3) is 0 Å². The molecule has 8 heteroatoms. The number of hydrogen-bond donors (Lipinski definition) is 0. The molecule has 3 heterocycles. The van der Waals surface area contributed by atoms with Crippen LogP contribution in [0.5, 0.6) is 0 Å². The molecule has 0 bridgehead atoms. The van der Waals surface area contributed by atoms with Crippen molar-refractivity contribution in [3.8, 4) is 0 Å². The highest BCUT2D eigenvalue weighted by Gasteiger charge is 2.46. The zero-order valence-electron chi connectivity index (χ0n) is 15.3. The molecule has 0 saturated carbocycles. The van der Waals surface area contributed by atoms with Crippen molar-refractivity contribution < 1.29 is 18.8 Å². The van der Waals surface area contributed by atoms with Crippen molar-refractivity contribution in [2.24, 2.45) is 0 Å². The van der Waals surface area contributed by atoms with E-state index in [2.05, 4.69) is 20.9 Å². The highest BCUT2D eigenvalue weighted by molar-refractivity contribution is 9.10. The average molecular weight is 409 g/mol. The maximum absolute atomic E-state index is 12.9. The Morgan fingerprint density at radius 3 is 2.64 bits per heavy atom. The first-order chi connectivity index (χ1) is 11.5. The molecule has 1 saturated heterocycles. The largest absolute Gasteiger partial charge is 0.512 e. The fraction of sp³-hybridized carbons (Fsp3) is 0.529. The van der Waals surface area contributed by atoms with Gasteiger partial charge in [0.1, 0.15) is 5.60 Å². The third-order valence-electron chi connectivity index (χ3n) is 4.18. The second-order valence-corrected chi connectivity index (χ2v) is 8.69. The monoisotopic (exact) mass is 408 g/mol. The Morgan fingerprint density at radius 2 is 2.08 bits per heavy atom. The van der Waals surface area contributed by atoms with Crippen molar-refractivity contribution in [1.29, 1.82) is 0 Å². The van der Waals surface area contributed by atoms with Crippen LogP contribution in [0.1, 0.15) is 41.5 Å². The minimum atomic E-state index is -0.662. The van der Waals surface area contributed by atoms with Gasteiger partial charge in [0.05, 0.1) is 28.3 Å². The van der Waals surface area contributed by atoms with Crippen LogP contribution < -0.4 is 5.59 Å². The van der Waals surface area contributed by atoms with E-state index in [1.54, 1.807) is 6.20 Å². The third kappa shape index (κ3) is 3.61. The van der Waals surface area contributed by atoms with Gasteiger partial charge in [0.15, 0.2) is 0 Å². The van der Waals surface area contributed by atoms with Gasteiger partial charge in [-0.05, 0) is 69.6 Å². The van der Waals surface area contributed by atoms with Gasteiger partial charge in [-0.3, -0.25) is 9.55 Å². The summed E-state index contributed by atoms with van der Waals surface area (Å²) >= 11 is 3.41. The normalized spacial score (nSPS) is 20.3. The van der Waals surface area contributed by atoms with E-state index in [1.165, 1.54) is 4.57 Å². The van der Waals surface area contributed by atoms with Crippen LogP contribution in [0.15, 0.2) is 22.8 Å². The van der Waals surface area contributed by atoms with Gasteiger partial charge in [-0.2, -0.15) is 0 Å². The summed E-state index contributed by atoms with van der Waals surface area (Å²) in [5, 5.41) is 0. The first-order valence-electron chi connectivity index (χ1n) is 8.21. The lowest BCUT2D eigenvalue weighted by Crippen LogP contribution is -2.42. The quantitative estimate of drug-likeness (QED) is 0.675. The molecule has 2 aromatic rings. The first kappa shape index (κ1) is 18.4. The Hall–Kier alpha value is -1.38. The number of fused-ring (bicyclic) bond motifs is 1. The predicted octanol–water partition coefficient (Wildman–Crippen LogP) is 3.49. The summed E-state index contributed by atoms with van der Waals surface area (Å²) < 4.78 is 19.8. The van der Waals surface area contributed by atoms with E-state index in [0.717, 1.165) is 4.47 Å². The number of aromatic nitrogens is 2. The zero-order valence-corrected chi connectivity index (χ0v) is 16.9. The number of carbonyl (C=O) groups is 1.